The Labute approximate surface area is 335 Å². The van der Waals surface area contributed by atoms with Gasteiger partial charge in [0, 0.05) is 73.4 Å². The van der Waals surface area contributed by atoms with Crippen molar-refractivity contribution in [3.63, 3.8) is 0 Å². The van der Waals surface area contributed by atoms with Gasteiger partial charge in [-0.2, -0.15) is 0 Å². The number of para-hydroxylation sites is 2. The first-order valence-corrected chi connectivity index (χ1v) is 20.7. The van der Waals surface area contributed by atoms with Crippen molar-refractivity contribution in [1.29, 1.82) is 0 Å². The fourth-order valence-electron chi connectivity index (χ4n) is 8.48. The van der Waals surface area contributed by atoms with E-state index in [2.05, 4.69) is 150 Å². The fourth-order valence-corrected chi connectivity index (χ4v) is 10.9. The summed E-state index contributed by atoms with van der Waals surface area (Å²) in [5.74, 6) is 1.96. The average molecular weight is 763 g/mol. The summed E-state index contributed by atoms with van der Waals surface area (Å²) in [6.45, 7) is 0. The van der Waals surface area contributed by atoms with Gasteiger partial charge in [0.05, 0.1) is 16.7 Å². The molecule has 0 atom stereocenters. The Kier molecular flexibility index (Phi) is 7.24. The van der Waals surface area contributed by atoms with Crippen LogP contribution in [0.15, 0.2) is 182 Å². The van der Waals surface area contributed by atoms with Crippen LogP contribution in [0.2, 0.25) is 0 Å². The summed E-state index contributed by atoms with van der Waals surface area (Å²) in [6, 6.07) is 64.8. The van der Waals surface area contributed by atoms with E-state index < -0.39 is 0 Å². The van der Waals surface area contributed by atoms with Gasteiger partial charge in [-0.05, 0) is 48.0 Å². The first-order valence-electron chi connectivity index (χ1n) is 19.0. The molecule has 0 fully saturated rings. The highest BCUT2D eigenvalue weighted by atomic mass is 32.1. The molecule has 4 heterocycles. The first-order chi connectivity index (χ1) is 28.3. The molecule has 266 valence electrons. The van der Waals surface area contributed by atoms with Crippen molar-refractivity contribution in [1.82, 2.24) is 19.5 Å². The van der Waals surface area contributed by atoms with E-state index in [9.17, 15) is 0 Å². The number of hydrogen-bond acceptors (Lipinski definition) is 5. The van der Waals surface area contributed by atoms with Gasteiger partial charge in [-0.25, -0.2) is 15.0 Å². The zero-order valence-corrected chi connectivity index (χ0v) is 32.1. The smallest absolute Gasteiger partial charge is 0.165 e. The summed E-state index contributed by atoms with van der Waals surface area (Å²) in [5, 5.41) is 7.58. The molecule has 0 aliphatic rings. The summed E-state index contributed by atoms with van der Waals surface area (Å²) < 4.78 is 7.49. The molecule has 0 N–H and O–H groups in total. The van der Waals surface area contributed by atoms with Crippen molar-refractivity contribution >= 4 is 84.8 Å². The van der Waals surface area contributed by atoms with Crippen LogP contribution >= 0.6 is 22.7 Å². The minimum absolute atomic E-state index is 0.650. The minimum atomic E-state index is 0.650. The number of nitrogens with zero attached hydrogens (tertiary/aromatic N) is 4. The Balaban J connectivity index is 1.15. The third kappa shape index (κ3) is 5.08. The van der Waals surface area contributed by atoms with Crippen LogP contribution in [0.25, 0.3) is 113 Å². The lowest BCUT2D eigenvalue weighted by Gasteiger charge is -2.16. The van der Waals surface area contributed by atoms with Gasteiger partial charge in [0.15, 0.2) is 17.5 Å². The van der Waals surface area contributed by atoms with Gasteiger partial charge < -0.3 is 4.57 Å². The molecule has 0 aliphatic carbocycles. The number of hydrogen-bond donors (Lipinski definition) is 0. The summed E-state index contributed by atoms with van der Waals surface area (Å²) >= 11 is 3.68. The maximum atomic E-state index is 5.24. The number of rotatable bonds is 5. The molecule has 0 saturated heterocycles. The quantitative estimate of drug-likeness (QED) is 0.175. The van der Waals surface area contributed by atoms with E-state index in [0.29, 0.717) is 17.5 Å². The summed E-state index contributed by atoms with van der Waals surface area (Å²) in [6.07, 6.45) is 0. The van der Waals surface area contributed by atoms with Gasteiger partial charge in [0.25, 0.3) is 0 Å². The largest absolute Gasteiger partial charge is 0.309 e. The molecular weight excluding hydrogens is 733 g/mol. The second-order valence-corrected chi connectivity index (χ2v) is 16.4. The maximum Gasteiger partial charge on any atom is 0.165 e. The maximum absolute atomic E-state index is 5.24. The second kappa shape index (κ2) is 12.8. The molecule has 0 unspecified atom stereocenters. The molecule has 57 heavy (non-hydrogen) atoms. The van der Waals surface area contributed by atoms with Crippen molar-refractivity contribution in [3.8, 4) is 51.0 Å². The van der Waals surface area contributed by atoms with E-state index in [1.54, 1.807) is 11.3 Å². The molecule has 0 radical (unpaired) electrons. The minimum Gasteiger partial charge on any atom is -0.309 e. The molecule has 0 bridgehead atoms. The van der Waals surface area contributed by atoms with Crippen molar-refractivity contribution in [2.45, 2.75) is 0 Å². The highest BCUT2D eigenvalue weighted by Gasteiger charge is 2.22. The molecular formula is C51H30N4S2. The number of benzene rings is 8. The third-order valence-corrected chi connectivity index (χ3v) is 13.5. The van der Waals surface area contributed by atoms with Gasteiger partial charge in [0.2, 0.25) is 0 Å². The lowest BCUT2D eigenvalue weighted by Crippen LogP contribution is -2.01. The van der Waals surface area contributed by atoms with E-state index in [4.69, 9.17) is 15.0 Å². The van der Waals surface area contributed by atoms with Crippen molar-refractivity contribution in [2.75, 3.05) is 0 Å². The molecule has 4 aromatic heterocycles. The lowest BCUT2D eigenvalue weighted by molar-refractivity contribution is 1.08. The van der Waals surface area contributed by atoms with Crippen molar-refractivity contribution in [2.24, 2.45) is 0 Å². The highest BCUT2D eigenvalue weighted by Crippen LogP contribution is 2.46. The molecule has 6 heteroatoms. The van der Waals surface area contributed by atoms with E-state index in [1.165, 1.54) is 57.5 Å². The number of thiophene rings is 2. The zero-order chi connectivity index (χ0) is 37.5. The van der Waals surface area contributed by atoms with Crippen LogP contribution in [0.4, 0.5) is 0 Å². The van der Waals surface area contributed by atoms with Crippen molar-refractivity contribution in [3.05, 3.63) is 182 Å². The van der Waals surface area contributed by atoms with Gasteiger partial charge in [-0.1, -0.05) is 140 Å². The van der Waals surface area contributed by atoms with Crippen LogP contribution in [-0.4, -0.2) is 19.5 Å². The molecule has 4 nitrogen and oxygen atoms in total. The van der Waals surface area contributed by atoms with Crippen LogP contribution in [0, 0.1) is 0 Å². The predicted molar refractivity (Wildman–Crippen MR) is 242 cm³/mol. The van der Waals surface area contributed by atoms with Gasteiger partial charge in [-0.3, -0.25) is 0 Å². The standard InChI is InChI=1S/C51H30N4S2/c1-3-15-31(16-4-1)49-52-50(32-17-5-2-6-18-32)54-51(53-49)40-30-33(29-39-36-21-10-14-26-45(36)56-47(39)40)34-19-7-11-23-41(34)55-42-24-12-8-22-38(42)46-43(55)28-27-37-35-20-9-13-25-44(35)57-48(37)46/h1-30H. The molecule has 8 aromatic carbocycles. The highest BCUT2D eigenvalue weighted by molar-refractivity contribution is 7.27. The van der Waals surface area contributed by atoms with Gasteiger partial charge in [0.1, 0.15) is 0 Å². The zero-order valence-electron chi connectivity index (χ0n) is 30.4. The monoisotopic (exact) mass is 762 g/mol. The van der Waals surface area contributed by atoms with Crippen LogP contribution in [0.1, 0.15) is 0 Å². The summed E-state index contributed by atoms with van der Waals surface area (Å²) in [7, 11) is 0. The molecule has 0 spiro atoms. The molecule has 0 saturated carbocycles. The Morgan fingerprint density at radius 2 is 0.912 bits per heavy atom. The predicted octanol–water partition coefficient (Wildman–Crippen LogP) is 14.4. The van der Waals surface area contributed by atoms with Crippen LogP contribution < -0.4 is 0 Å². The van der Waals surface area contributed by atoms with Crippen LogP contribution in [0.5, 0.6) is 0 Å². The molecule has 12 aromatic rings. The van der Waals surface area contributed by atoms with E-state index >= 15 is 0 Å². The average Bonchev–Trinajstić information content (AvgIpc) is 3.96. The van der Waals surface area contributed by atoms with Crippen LogP contribution in [0.3, 0.4) is 0 Å². The number of fused-ring (bicyclic) bond motifs is 10. The van der Waals surface area contributed by atoms with E-state index in [-0.39, 0.29) is 0 Å². The van der Waals surface area contributed by atoms with E-state index in [0.717, 1.165) is 38.2 Å². The van der Waals surface area contributed by atoms with Gasteiger partial charge >= 0.3 is 0 Å². The lowest BCUT2D eigenvalue weighted by atomic mass is 9.97. The molecule has 0 amide bonds. The Bertz CT molecular complexity index is 3470. The first kappa shape index (κ1) is 32.3. The van der Waals surface area contributed by atoms with Gasteiger partial charge in [-0.15, -0.1) is 22.7 Å². The SMILES string of the molecule is c1ccc(-c2nc(-c3ccccc3)nc(-c3cc(-c4ccccc4-n4c5ccccc5c5c6sc7ccccc7c6ccc54)cc4c3sc3ccccc34)n2)cc1. The fraction of sp³-hybridized carbons (Fsp3) is 0. The Morgan fingerprint density at radius 1 is 0.351 bits per heavy atom. The summed E-state index contributed by atoms with van der Waals surface area (Å²) in [5.41, 5.74) is 8.64. The second-order valence-electron chi connectivity index (χ2n) is 14.3. The van der Waals surface area contributed by atoms with Crippen molar-refractivity contribution < 1.29 is 0 Å². The Hall–Kier alpha value is -6.99. The summed E-state index contributed by atoms with van der Waals surface area (Å²) in [4.78, 5) is 15.5. The molecule has 0 aliphatic heterocycles. The Morgan fingerprint density at radius 3 is 1.63 bits per heavy atom. The van der Waals surface area contributed by atoms with E-state index in [1.807, 2.05) is 47.7 Å². The van der Waals surface area contributed by atoms with Crippen LogP contribution in [-0.2, 0) is 0 Å². The normalized spacial score (nSPS) is 11.9. The topological polar surface area (TPSA) is 43.6 Å². The molecule has 12 rings (SSSR count). The number of aromatic nitrogens is 4. The third-order valence-electron chi connectivity index (χ3n) is 11.1.